The summed E-state index contributed by atoms with van der Waals surface area (Å²) in [6.45, 7) is 18.2. The molecule has 0 saturated carbocycles. The van der Waals surface area contributed by atoms with Crippen molar-refractivity contribution < 1.29 is 0 Å². The third-order valence-electron chi connectivity index (χ3n) is 5.78. The molecular formula is C18H37N3. The van der Waals surface area contributed by atoms with Crippen molar-refractivity contribution in [2.75, 3.05) is 45.8 Å². The molecule has 3 heteroatoms. The van der Waals surface area contributed by atoms with Gasteiger partial charge < -0.3 is 5.32 Å². The van der Waals surface area contributed by atoms with E-state index in [-0.39, 0.29) is 0 Å². The Balaban J connectivity index is 1.86. The summed E-state index contributed by atoms with van der Waals surface area (Å²) in [6.07, 6.45) is 5.42. The van der Waals surface area contributed by atoms with Gasteiger partial charge in [-0.2, -0.15) is 0 Å². The highest BCUT2D eigenvalue weighted by Crippen LogP contribution is 2.29. The fraction of sp³-hybridized carbons (Fsp3) is 1.00. The van der Waals surface area contributed by atoms with Crippen LogP contribution in [0, 0.1) is 11.3 Å². The van der Waals surface area contributed by atoms with Crippen molar-refractivity contribution in [3.05, 3.63) is 0 Å². The Morgan fingerprint density at radius 2 is 1.90 bits per heavy atom. The largest absolute Gasteiger partial charge is 0.316 e. The lowest BCUT2D eigenvalue weighted by molar-refractivity contribution is 0.0593. The highest BCUT2D eigenvalue weighted by molar-refractivity contribution is 4.90. The third kappa shape index (κ3) is 4.67. The van der Waals surface area contributed by atoms with Gasteiger partial charge in [0, 0.05) is 38.8 Å². The number of hydrogen-bond acceptors (Lipinski definition) is 3. The molecule has 0 aliphatic carbocycles. The van der Waals surface area contributed by atoms with E-state index in [1.165, 1.54) is 65.0 Å². The van der Waals surface area contributed by atoms with Crippen LogP contribution < -0.4 is 5.32 Å². The summed E-state index contributed by atoms with van der Waals surface area (Å²) in [7, 11) is 0. The monoisotopic (exact) mass is 295 g/mol. The van der Waals surface area contributed by atoms with Gasteiger partial charge in [0.05, 0.1) is 0 Å². The van der Waals surface area contributed by atoms with Crippen LogP contribution >= 0.6 is 0 Å². The zero-order valence-corrected chi connectivity index (χ0v) is 14.8. The molecule has 2 aliphatic rings. The van der Waals surface area contributed by atoms with Gasteiger partial charge in [-0.1, -0.05) is 27.7 Å². The number of piperazine rings is 1. The summed E-state index contributed by atoms with van der Waals surface area (Å²) in [5, 5.41) is 3.73. The van der Waals surface area contributed by atoms with E-state index < -0.39 is 0 Å². The number of hydrogen-bond donors (Lipinski definition) is 1. The van der Waals surface area contributed by atoms with E-state index in [0.717, 1.165) is 18.5 Å². The molecule has 2 fully saturated rings. The lowest BCUT2D eigenvalue weighted by Gasteiger charge is -2.43. The first kappa shape index (κ1) is 17.2. The molecule has 124 valence electrons. The van der Waals surface area contributed by atoms with Gasteiger partial charge in [0.2, 0.25) is 0 Å². The highest BCUT2D eigenvalue weighted by Gasteiger charge is 2.34. The Kier molecular flexibility index (Phi) is 6.51. The van der Waals surface area contributed by atoms with Gasteiger partial charge in [0.25, 0.3) is 0 Å². The van der Waals surface area contributed by atoms with Crippen LogP contribution in [0.3, 0.4) is 0 Å². The summed E-state index contributed by atoms with van der Waals surface area (Å²) in [5.41, 5.74) is 0.468. The van der Waals surface area contributed by atoms with Crippen molar-refractivity contribution in [1.29, 1.82) is 0 Å². The van der Waals surface area contributed by atoms with Crippen molar-refractivity contribution in [3.63, 3.8) is 0 Å². The van der Waals surface area contributed by atoms with Crippen LogP contribution in [0.2, 0.25) is 0 Å². The van der Waals surface area contributed by atoms with Gasteiger partial charge >= 0.3 is 0 Å². The van der Waals surface area contributed by atoms with E-state index in [4.69, 9.17) is 0 Å². The standard InChI is InChI=1S/C18H37N3/c1-5-18(6-2,14-19-12-16(3)4)15-20-10-11-21-9-7-8-17(21)13-20/h16-17,19H,5-15H2,1-4H3. The predicted molar refractivity (Wildman–Crippen MR) is 91.8 cm³/mol. The van der Waals surface area contributed by atoms with Crippen LogP contribution in [-0.4, -0.2) is 61.7 Å². The summed E-state index contributed by atoms with van der Waals surface area (Å²) >= 11 is 0. The molecule has 1 atom stereocenters. The predicted octanol–water partition coefficient (Wildman–Crippen LogP) is 2.82. The van der Waals surface area contributed by atoms with Crippen molar-refractivity contribution in [3.8, 4) is 0 Å². The maximum absolute atomic E-state index is 3.73. The van der Waals surface area contributed by atoms with Crippen LogP contribution in [0.4, 0.5) is 0 Å². The van der Waals surface area contributed by atoms with Gasteiger partial charge in [-0.25, -0.2) is 0 Å². The average Bonchev–Trinajstić information content (AvgIpc) is 2.93. The molecule has 0 radical (unpaired) electrons. The molecule has 1 unspecified atom stereocenters. The molecule has 0 aromatic rings. The number of nitrogens with one attached hydrogen (secondary N) is 1. The molecule has 2 saturated heterocycles. The SMILES string of the molecule is CCC(CC)(CNCC(C)C)CN1CCN2CCCC2C1. The fourth-order valence-corrected chi connectivity index (χ4v) is 4.08. The Labute approximate surface area is 132 Å². The smallest absolute Gasteiger partial charge is 0.0224 e. The van der Waals surface area contributed by atoms with Gasteiger partial charge in [-0.15, -0.1) is 0 Å². The van der Waals surface area contributed by atoms with Crippen LogP contribution in [-0.2, 0) is 0 Å². The summed E-state index contributed by atoms with van der Waals surface area (Å²) < 4.78 is 0. The zero-order chi connectivity index (χ0) is 15.3. The Hall–Kier alpha value is -0.120. The molecule has 2 aliphatic heterocycles. The van der Waals surface area contributed by atoms with Crippen molar-refractivity contribution in [1.82, 2.24) is 15.1 Å². The summed E-state index contributed by atoms with van der Waals surface area (Å²) in [5.74, 6) is 0.749. The second kappa shape index (κ2) is 7.94. The molecular weight excluding hydrogens is 258 g/mol. The molecule has 0 spiro atoms. The molecule has 3 nitrogen and oxygen atoms in total. The molecule has 0 aromatic heterocycles. The Morgan fingerprint density at radius 3 is 2.57 bits per heavy atom. The number of fused-ring (bicyclic) bond motifs is 1. The van der Waals surface area contributed by atoms with Crippen molar-refractivity contribution in [2.45, 2.75) is 59.4 Å². The first-order valence-corrected chi connectivity index (χ1v) is 9.25. The number of nitrogens with zero attached hydrogens (tertiary/aromatic N) is 2. The van der Waals surface area contributed by atoms with E-state index in [2.05, 4.69) is 42.8 Å². The van der Waals surface area contributed by atoms with Crippen molar-refractivity contribution in [2.24, 2.45) is 11.3 Å². The maximum Gasteiger partial charge on any atom is 0.0224 e. The Bertz CT molecular complexity index is 299. The van der Waals surface area contributed by atoms with Crippen LogP contribution in [0.15, 0.2) is 0 Å². The van der Waals surface area contributed by atoms with E-state index in [9.17, 15) is 0 Å². The molecule has 21 heavy (non-hydrogen) atoms. The second-order valence-electron chi connectivity index (χ2n) is 7.80. The van der Waals surface area contributed by atoms with Gasteiger partial charge in [0.1, 0.15) is 0 Å². The minimum Gasteiger partial charge on any atom is -0.316 e. The first-order valence-electron chi connectivity index (χ1n) is 9.25. The fourth-order valence-electron chi connectivity index (χ4n) is 4.08. The van der Waals surface area contributed by atoms with E-state index in [0.29, 0.717) is 5.41 Å². The number of rotatable bonds is 8. The third-order valence-corrected chi connectivity index (χ3v) is 5.78. The molecule has 0 bridgehead atoms. The molecule has 1 N–H and O–H groups in total. The summed E-state index contributed by atoms with van der Waals surface area (Å²) in [4.78, 5) is 5.48. The molecule has 2 rings (SSSR count). The van der Waals surface area contributed by atoms with Crippen LogP contribution in [0.1, 0.15) is 53.4 Å². The van der Waals surface area contributed by atoms with Crippen LogP contribution in [0.25, 0.3) is 0 Å². The quantitative estimate of drug-likeness (QED) is 0.743. The normalized spacial score (nSPS) is 24.7. The average molecular weight is 296 g/mol. The topological polar surface area (TPSA) is 18.5 Å². The van der Waals surface area contributed by atoms with Crippen LogP contribution in [0.5, 0.6) is 0 Å². The molecule has 2 heterocycles. The first-order chi connectivity index (χ1) is 10.1. The van der Waals surface area contributed by atoms with E-state index in [1.54, 1.807) is 0 Å². The Morgan fingerprint density at radius 1 is 1.14 bits per heavy atom. The minimum absolute atomic E-state index is 0.468. The van der Waals surface area contributed by atoms with E-state index in [1.807, 2.05) is 0 Å². The van der Waals surface area contributed by atoms with Crippen molar-refractivity contribution >= 4 is 0 Å². The van der Waals surface area contributed by atoms with Gasteiger partial charge in [-0.3, -0.25) is 9.80 Å². The van der Waals surface area contributed by atoms with Gasteiger partial charge in [0.15, 0.2) is 0 Å². The zero-order valence-electron chi connectivity index (χ0n) is 14.8. The minimum atomic E-state index is 0.468. The lowest BCUT2D eigenvalue weighted by atomic mass is 9.81. The van der Waals surface area contributed by atoms with Gasteiger partial charge in [-0.05, 0) is 50.1 Å². The summed E-state index contributed by atoms with van der Waals surface area (Å²) in [6, 6.07) is 0.855. The molecule has 0 aromatic carbocycles. The maximum atomic E-state index is 3.73. The highest BCUT2D eigenvalue weighted by atomic mass is 15.3. The lowest BCUT2D eigenvalue weighted by Crippen LogP contribution is -2.54. The van der Waals surface area contributed by atoms with E-state index >= 15 is 0 Å². The molecule has 0 amide bonds. The second-order valence-corrected chi connectivity index (χ2v) is 7.80.